The molecule has 142 valence electrons. The van der Waals surface area contributed by atoms with Crippen molar-refractivity contribution >= 4 is 17.0 Å². The van der Waals surface area contributed by atoms with Gasteiger partial charge in [-0.15, -0.1) is 0 Å². The Labute approximate surface area is 160 Å². The predicted molar refractivity (Wildman–Crippen MR) is 103 cm³/mol. The van der Waals surface area contributed by atoms with Gasteiger partial charge in [-0.3, -0.25) is 0 Å². The molecule has 0 saturated heterocycles. The second-order valence-electron chi connectivity index (χ2n) is 6.06. The fraction of sp³-hybridized carbons (Fsp3) is 0.150. The maximum absolute atomic E-state index is 14.1. The SMILES string of the molecule is COc1cccc(C(Nc2ncnc3nc[nH]c23)c2cc(F)ccc2OC)c1. The molecule has 4 aromatic rings. The van der Waals surface area contributed by atoms with Gasteiger partial charge in [0.1, 0.15) is 29.2 Å². The van der Waals surface area contributed by atoms with Crippen molar-refractivity contribution in [1.82, 2.24) is 19.9 Å². The van der Waals surface area contributed by atoms with Crippen molar-refractivity contribution in [1.29, 1.82) is 0 Å². The van der Waals surface area contributed by atoms with Gasteiger partial charge in [0, 0.05) is 5.56 Å². The summed E-state index contributed by atoms with van der Waals surface area (Å²) in [5.41, 5.74) is 2.68. The molecule has 2 aromatic carbocycles. The highest BCUT2D eigenvalue weighted by Crippen LogP contribution is 2.35. The maximum Gasteiger partial charge on any atom is 0.182 e. The van der Waals surface area contributed by atoms with Crippen molar-refractivity contribution in [2.24, 2.45) is 0 Å². The van der Waals surface area contributed by atoms with Gasteiger partial charge in [0.2, 0.25) is 0 Å². The van der Waals surface area contributed by atoms with Crippen LogP contribution in [0.1, 0.15) is 17.2 Å². The van der Waals surface area contributed by atoms with Gasteiger partial charge < -0.3 is 19.8 Å². The zero-order valence-corrected chi connectivity index (χ0v) is 15.3. The van der Waals surface area contributed by atoms with Gasteiger partial charge in [0.25, 0.3) is 0 Å². The van der Waals surface area contributed by atoms with Gasteiger partial charge in [0.15, 0.2) is 11.5 Å². The van der Waals surface area contributed by atoms with E-state index < -0.39 is 6.04 Å². The fourth-order valence-electron chi connectivity index (χ4n) is 3.10. The van der Waals surface area contributed by atoms with Crippen LogP contribution in [0.25, 0.3) is 11.2 Å². The average molecular weight is 379 g/mol. The molecule has 0 saturated carbocycles. The van der Waals surface area contributed by atoms with Crippen LogP contribution in [0, 0.1) is 5.82 Å². The van der Waals surface area contributed by atoms with Crippen molar-refractivity contribution in [2.45, 2.75) is 6.04 Å². The summed E-state index contributed by atoms with van der Waals surface area (Å²) in [5.74, 6) is 1.42. The van der Waals surface area contributed by atoms with Crippen LogP contribution in [0.3, 0.4) is 0 Å². The van der Waals surface area contributed by atoms with E-state index in [0.29, 0.717) is 34.0 Å². The molecule has 28 heavy (non-hydrogen) atoms. The van der Waals surface area contributed by atoms with E-state index in [-0.39, 0.29) is 5.82 Å². The lowest BCUT2D eigenvalue weighted by atomic mass is 9.97. The number of halogens is 1. The Balaban J connectivity index is 1.86. The third-order valence-corrected chi connectivity index (χ3v) is 4.43. The van der Waals surface area contributed by atoms with Gasteiger partial charge in [-0.05, 0) is 35.9 Å². The lowest BCUT2D eigenvalue weighted by Crippen LogP contribution is -2.15. The van der Waals surface area contributed by atoms with E-state index in [0.717, 1.165) is 5.56 Å². The molecule has 2 N–H and O–H groups in total. The third-order valence-electron chi connectivity index (χ3n) is 4.43. The smallest absolute Gasteiger partial charge is 0.182 e. The summed E-state index contributed by atoms with van der Waals surface area (Å²) in [6, 6.07) is 11.5. The quantitative estimate of drug-likeness (QED) is 0.531. The molecule has 0 aliphatic rings. The predicted octanol–water partition coefficient (Wildman–Crippen LogP) is 3.71. The van der Waals surface area contributed by atoms with Crippen LogP contribution in [0.15, 0.2) is 55.1 Å². The lowest BCUT2D eigenvalue weighted by molar-refractivity contribution is 0.406. The Hall–Kier alpha value is -3.68. The van der Waals surface area contributed by atoms with Crippen molar-refractivity contribution < 1.29 is 13.9 Å². The van der Waals surface area contributed by atoms with Gasteiger partial charge in [-0.2, -0.15) is 0 Å². The second kappa shape index (κ2) is 7.51. The van der Waals surface area contributed by atoms with E-state index in [4.69, 9.17) is 9.47 Å². The third kappa shape index (κ3) is 3.32. The van der Waals surface area contributed by atoms with Crippen LogP contribution in [0.5, 0.6) is 11.5 Å². The molecule has 1 unspecified atom stereocenters. The molecular weight excluding hydrogens is 361 g/mol. The Bertz CT molecular complexity index is 1110. The van der Waals surface area contributed by atoms with Gasteiger partial charge in [-0.25, -0.2) is 19.3 Å². The normalized spacial score (nSPS) is 12.0. The standard InChI is InChI=1S/C20H18FN5O2/c1-27-14-5-3-4-12(8-14)17(15-9-13(21)6-7-16(15)28-2)26-20-18-19(23-10-22-18)24-11-25-20/h3-11,17H,1-2H3,(H2,22,23,24,25,26). The number of aromatic amines is 1. The molecule has 1 atom stereocenters. The summed E-state index contributed by atoms with van der Waals surface area (Å²) < 4.78 is 24.9. The van der Waals surface area contributed by atoms with E-state index in [9.17, 15) is 4.39 Å². The van der Waals surface area contributed by atoms with Crippen LogP contribution < -0.4 is 14.8 Å². The summed E-state index contributed by atoms with van der Waals surface area (Å²) in [7, 11) is 3.15. The molecular formula is C20H18FN5O2. The molecule has 0 aliphatic carbocycles. The molecule has 0 fully saturated rings. The minimum Gasteiger partial charge on any atom is -0.497 e. The molecule has 7 nitrogen and oxygen atoms in total. The number of imidazole rings is 1. The molecule has 0 amide bonds. The maximum atomic E-state index is 14.1. The summed E-state index contributed by atoms with van der Waals surface area (Å²) in [4.78, 5) is 15.6. The van der Waals surface area contributed by atoms with E-state index in [2.05, 4.69) is 25.3 Å². The molecule has 4 rings (SSSR count). The number of rotatable bonds is 6. The first-order valence-corrected chi connectivity index (χ1v) is 8.57. The molecule has 0 bridgehead atoms. The Morgan fingerprint density at radius 2 is 1.93 bits per heavy atom. The van der Waals surface area contributed by atoms with Crippen molar-refractivity contribution in [2.75, 3.05) is 19.5 Å². The first-order chi connectivity index (χ1) is 13.7. The van der Waals surface area contributed by atoms with E-state index >= 15 is 0 Å². The largest absolute Gasteiger partial charge is 0.497 e. The van der Waals surface area contributed by atoms with E-state index in [1.165, 1.54) is 18.5 Å². The highest BCUT2D eigenvalue weighted by molar-refractivity contribution is 5.82. The number of benzene rings is 2. The Morgan fingerprint density at radius 1 is 1.04 bits per heavy atom. The van der Waals surface area contributed by atoms with E-state index in [1.807, 2.05) is 24.3 Å². The first kappa shape index (κ1) is 17.7. The lowest BCUT2D eigenvalue weighted by Gasteiger charge is -2.23. The molecule has 8 heteroatoms. The molecule has 0 aliphatic heterocycles. The van der Waals surface area contributed by atoms with Gasteiger partial charge >= 0.3 is 0 Å². The Morgan fingerprint density at radius 3 is 2.75 bits per heavy atom. The molecule has 2 heterocycles. The topological polar surface area (TPSA) is 85.0 Å². The Kier molecular flexibility index (Phi) is 4.76. The number of methoxy groups -OCH3 is 2. The first-order valence-electron chi connectivity index (χ1n) is 8.57. The highest BCUT2D eigenvalue weighted by atomic mass is 19.1. The summed E-state index contributed by atoms with van der Waals surface area (Å²) in [6.07, 6.45) is 2.98. The van der Waals surface area contributed by atoms with Crippen molar-refractivity contribution in [3.63, 3.8) is 0 Å². The highest BCUT2D eigenvalue weighted by Gasteiger charge is 2.22. The minimum atomic E-state index is -0.456. The number of hydrogen-bond donors (Lipinski definition) is 2. The number of anilines is 1. The summed E-state index contributed by atoms with van der Waals surface area (Å²) in [6.45, 7) is 0. The van der Waals surface area contributed by atoms with Gasteiger partial charge in [0.05, 0.1) is 26.6 Å². The molecule has 2 aromatic heterocycles. The number of ether oxygens (including phenoxy) is 2. The number of nitrogens with zero attached hydrogens (tertiary/aromatic N) is 3. The fourth-order valence-corrected chi connectivity index (χ4v) is 3.10. The molecule has 0 radical (unpaired) electrons. The van der Waals surface area contributed by atoms with Gasteiger partial charge in [-0.1, -0.05) is 12.1 Å². The average Bonchev–Trinajstić information content (AvgIpc) is 3.21. The van der Waals surface area contributed by atoms with Crippen LogP contribution in [-0.4, -0.2) is 34.2 Å². The van der Waals surface area contributed by atoms with Crippen LogP contribution in [0.2, 0.25) is 0 Å². The number of aromatic nitrogens is 4. The van der Waals surface area contributed by atoms with Crippen molar-refractivity contribution in [3.05, 3.63) is 72.1 Å². The second-order valence-corrected chi connectivity index (χ2v) is 6.06. The summed E-state index contributed by atoms with van der Waals surface area (Å²) in [5, 5.41) is 3.37. The number of nitrogens with one attached hydrogen (secondary N) is 2. The zero-order chi connectivity index (χ0) is 19.5. The van der Waals surface area contributed by atoms with Crippen molar-refractivity contribution in [3.8, 4) is 11.5 Å². The number of hydrogen-bond acceptors (Lipinski definition) is 6. The minimum absolute atomic E-state index is 0.361. The monoisotopic (exact) mass is 379 g/mol. The van der Waals surface area contributed by atoms with Crippen LogP contribution in [0.4, 0.5) is 10.2 Å². The summed E-state index contributed by atoms with van der Waals surface area (Å²) >= 11 is 0. The zero-order valence-electron chi connectivity index (χ0n) is 15.3. The van der Waals surface area contributed by atoms with E-state index in [1.54, 1.807) is 26.6 Å². The number of H-pyrrole nitrogens is 1. The number of fused-ring (bicyclic) bond motifs is 1. The van der Waals surface area contributed by atoms with Crippen LogP contribution in [-0.2, 0) is 0 Å². The molecule has 0 spiro atoms. The van der Waals surface area contributed by atoms with Crippen LogP contribution >= 0.6 is 0 Å².